The third-order valence-electron chi connectivity index (χ3n) is 5.50. The molecule has 1 aliphatic carbocycles. The Morgan fingerprint density at radius 2 is 1.12 bits per heavy atom. The van der Waals surface area contributed by atoms with Gasteiger partial charge in [-0.1, -0.05) is 91.0 Å². The van der Waals surface area contributed by atoms with Gasteiger partial charge in [0, 0.05) is 5.16 Å². The molecular weight excluding hydrogens is 319 g/mol. The molecule has 1 spiro atoms. The maximum atomic E-state index is 2.35. The molecule has 1 aliphatic heterocycles. The van der Waals surface area contributed by atoms with Gasteiger partial charge >= 0.3 is 0 Å². The summed E-state index contributed by atoms with van der Waals surface area (Å²) >= 11 is 0. The minimum atomic E-state index is -0.295. The molecule has 1 heteroatoms. The first-order chi connectivity index (χ1) is 12.4. The van der Waals surface area contributed by atoms with E-state index in [9.17, 15) is 0 Å². The Bertz CT molecular complexity index is 906. The molecule has 0 radical (unpaired) electrons. The molecule has 1 saturated carbocycles. The van der Waals surface area contributed by atoms with E-state index in [-0.39, 0.29) is 7.92 Å². The molecule has 0 bridgehead atoms. The van der Waals surface area contributed by atoms with Gasteiger partial charge in [-0.2, -0.15) is 0 Å². The van der Waals surface area contributed by atoms with Crippen LogP contribution in [0.15, 0.2) is 91.0 Å². The van der Waals surface area contributed by atoms with Gasteiger partial charge in [0.25, 0.3) is 0 Å². The normalized spacial score (nSPS) is 20.9. The highest BCUT2D eigenvalue weighted by Gasteiger charge is 2.56. The van der Waals surface area contributed by atoms with E-state index in [0.717, 1.165) is 0 Å². The quantitative estimate of drug-likeness (QED) is 0.491. The van der Waals surface area contributed by atoms with Gasteiger partial charge in [0.05, 0.1) is 0 Å². The van der Waals surface area contributed by atoms with E-state index in [0.29, 0.717) is 5.16 Å². The van der Waals surface area contributed by atoms with Gasteiger partial charge in [-0.25, -0.2) is 0 Å². The lowest BCUT2D eigenvalue weighted by molar-refractivity contribution is 0.943. The second-order valence-electron chi connectivity index (χ2n) is 7.13. The monoisotopic (exact) mass is 340 g/mol. The number of hydrogen-bond donors (Lipinski definition) is 0. The second-order valence-corrected chi connectivity index (χ2v) is 9.71. The molecule has 3 aromatic rings. The van der Waals surface area contributed by atoms with Crippen molar-refractivity contribution >= 4 is 24.1 Å². The number of rotatable bonds is 3. The maximum Gasteiger partial charge on any atom is 0.00274 e. The highest BCUT2D eigenvalue weighted by atomic mass is 31.1. The zero-order valence-electron chi connectivity index (χ0n) is 14.2. The SMILES string of the molecule is c1ccc(C2=C(c3ccccc3)P(c3ccccc3)C3(CC3)C2)cc1. The van der Waals surface area contributed by atoms with E-state index >= 15 is 0 Å². The highest BCUT2D eigenvalue weighted by Crippen LogP contribution is 2.78. The third kappa shape index (κ3) is 2.57. The van der Waals surface area contributed by atoms with Crippen molar-refractivity contribution in [1.29, 1.82) is 0 Å². The number of benzene rings is 3. The summed E-state index contributed by atoms with van der Waals surface area (Å²) in [5.74, 6) is 0. The lowest BCUT2D eigenvalue weighted by Gasteiger charge is -2.24. The van der Waals surface area contributed by atoms with Crippen molar-refractivity contribution in [2.75, 3.05) is 0 Å². The van der Waals surface area contributed by atoms with Crippen molar-refractivity contribution in [3.05, 3.63) is 102 Å². The second kappa shape index (κ2) is 5.97. The summed E-state index contributed by atoms with van der Waals surface area (Å²) in [5, 5.41) is 3.66. The molecule has 0 aromatic heterocycles. The van der Waals surface area contributed by atoms with Crippen molar-refractivity contribution in [2.24, 2.45) is 0 Å². The molecule has 0 saturated heterocycles. The van der Waals surface area contributed by atoms with Crippen LogP contribution in [0.4, 0.5) is 0 Å². The Kier molecular flexibility index (Phi) is 3.61. The van der Waals surface area contributed by atoms with E-state index in [1.165, 1.54) is 30.4 Å². The van der Waals surface area contributed by atoms with E-state index in [1.807, 2.05) is 0 Å². The van der Waals surface area contributed by atoms with Crippen molar-refractivity contribution in [3.63, 3.8) is 0 Å². The standard InChI is InChI=1S/C24H21P/c1-4-10-19(11-5-1)22-18-24(16-17-24)25(21-14-8-3-9-15-21)23(22)20-12-6-2-7-13-20/h1-15H,16-18H2. The molecule has 0 nitrogen and oxygen atoms in total. The summed E-state index contributed by atoms with van der Waals surface area (Å²) in [7, 11) is -0.295. The number of allylic oxidation sites excluding steroid dienone is 1. The molecule has 5 rings (SSSR count). The van der Waals surface area contributed by atoms with E-state index in [1.54, 1.807) is 16.2 Å². The smallest absolute Gasteiger partial charge is 0.00274 e. The fraction of sp³-hybridized carbons (Fsp3) is 0.167. The summed E-state index contributed by atoms with van der Waals surface area (Å²) in [6.45, 7) is 0. The van der Waals surface area contributed by atoms with E-state index in [2.05, 4.69) is 91.0 Å². The maximum absolute atomic E-state index is 2.35. The first kappa shape index (κ1) is 15.1. The van der Waals surface area contributed by atoms with Crippen molar-refractivity contribution < 1.29 is 0 Å². The molecule has 25 heavy (non-hydrogen) atoms. The zero-order valence-corrected chi connectivity index (χ0v) is 15.1. The number of hydrogen-bond acceptors (Lipinski definition) is 0. The van der Waals surface area contributed by atoms with Crippen LogP contribution in [0, 0.1) is 0 Å². The van der Waals surface area contributed by atoms with Crippen LogP contribution in [0.2, 0.25) is 0 Å². The van der Waals surface area contributed by atoms with Crippen molar-refractivity contribution in [2.45, 2.75) is 24.4 Å². The average Bonchev–Trinajstić information content (AvgIpc) is 3.37. The molecule has 0 amide bonds. The Hall–Kier alpha value is -2.17. The topological polar surface area (TPSA) is 0 Å². The fourth-order valence-electron chi connectivity index (χ4n) is 4.17. The first-order valence-electron chi connectivity index (χ1n) is 9.07. The fourth-order valence-corrected chi connectivity index (χ4v) is 7.68. The minimum absolute atomic E-state index is 0.295. The van der Waals surface area contributed by atoms with Crippen LogP contribution >= 0.6 is 7.92 Å². The third-order valence-corrected chi connectivity index (χ3v) is 8.84. The predicted octanol–water partition coefficient (Wildman–Crippen LogP) is 6.30. The van der Waals surface area contributed by atoms with Crippen LogP contribution in [-0.2, 0) is 0 Å². The van der Waals surface area contributed by atoms with Gasteiger partial charge in [0.15, 0.2) is 0 Å². The average molecular weight is 340 g/mol. The molecule has 0 N–H and O–H groups in total. The van der Waals surface area contributed by atoms with Gasteiger partial charge in [-0.05, 0) is 54.5 Å². The van der Waals surface area contributed by atoms with Gasteiger partial charge in [-0.3, -0.25) is 0 Å². The highest BCUT2D eigenvalue weighted by molar-refractivity contribution is 7.78. The van der Waals surface area contributed by atoms with Crippen LogP contribution in [0.5, 0.6) is 0 Å². The largest absolute Gasteiger partial charge is 0.0622 e. The van der Waals surface area contributed by atoms with Gasteiger partial charge in [-0.15, -0.1) is 0 Å². The van der Waals surface area contributed by atoms with Crippen molar-refractivity contribution in [3.8, 4) is 0 Å². The first-order valence-corrected chi connectivity index (χ1v) is 10.4. The lowest BCUT2D eigenvalue weighted by atomic mass is 9.98. The molecule has 2 aliphatic rings. The molecule has 1 unspecified atom stereocenters. The summed E-state index contributed by atoms with van der Waals surface area (Å²) in [4.78, 5) is 0. The molecule has 1 fully saturated rings. The van der Waals surface area contributed by atoms with E-state index in [4.69, 9.17) is 0 Å². The Balaban J connectivity index is 1.75. The lowest BCUT2D eigenvalue weighted by Crippen LogP contribution is -2.11. The minimum Gasteiger partial charge on any atom is -0.0622 e. The molecule has 122 valence electrons. The Morgan fingerprint density at radius 3 is 1.68 bits per heavy atom. The van der Waals surface area contributed by atoms with Crippen LogP contribution < -0.4 is 5.30 Å². The molecule has 3 aromatic carbocycles. The van der Waals surface area contributed by atoms with Crippen LogP contribution in [-0.4, -0.2) is 5.16 Å². The molecular formula is C24H21P. The Morgan fingerprint density at radius 1 is 0.600 bits per heavy atom. The predicted molar refractivity (Wildman–Crippen MR) is 109 cm³/mol. The van der Waals surface area contributed by atoms with Crippen LogP contribution in [0.25, 0.3) is 10.9 Å². The summed E-state index contributed by atoms with van der Waals surface area (Å²) in [6.07, 6.45) is 3.99. The molecule has 1 heterocycles. The summed E-state index contributed by atoms with van der Waals surface area (Å²) < 4.78 is 0. The Labute approximate surface area is 151 Å². The van der Waals surface area contributed by atoms with Gasteiger partial charge < -0.3 is 0 Å². The van der Waals surface area contributed by atoms with Gasteiger partial charge in [0.2, 0.25) is 0 Å². The zero-order chi connectivity index (χ0) is 16.7. The molecule has 1 atom stereocenters. The van der Waals surface area contributed by atoms with Crippen LogP contribution in [0.1, 0.15) is 30.4 Å². The summed E-state index contributed by atoms with van der Waals surface area (Å²) in [6, 6.07) is 33.4. The van der Waals surface area contributed by atoms with E-state index < -0.39 is 0 Å². The van der Waals surface area contributed by atoms with Crippen molar-refractivity contribution in [1.82, 2.24) is 0 Å². The van der Waals surface area contributed by atoms with Crippen LogP contribution in [0.3, 0.4) is 0 Å². The van der Waals surface area contributed by atoms with Gasteiger partial charge in [0.1, 0.15) is 0 Å². The summed E-state index contributed by atoms with van der Waals surface area (Å²) in [5.41, 5.74) is 4.41.